The van der Waals surface area contributed by atoms with Crippen LogP contribution in [-0.2, 0) is 6.54 Å². The molecule has 2 heterocycles. The summed E-state index contributed by atoms with van der Waals surface area (Å²) in [7, 11) is 4.07. The fourth-order valence-corrected chi connectivity index (χ4v) is 5.47. The summed E-state index contributed by atoms with van der Waals surface area (Å²) >= 11 is 1.90. The molecule has 1 saturated carbocycles. The number of hydrogen-bond acceptors (Lipinski definition) is 6. The lowest BCUT2D eigenvalue weighted by Crippen LogP contribution is -2.36. The number of nitrogens with one attached hydrogen (secondary N) is 2. The highest BCUT2D eigenvalue weighted by Gasteiger charge is 2.22. The molecule has 1 aliphatic carbocycles. The van der Waals surface area contributed by atoms with Crippen molar-refractivity contribution in [2.45, 2.75) is 44.3 Å². The maximum absolute atomic E-state index is 4.80. The van der Waals surface area contributed by atoms with Crippen molar-refractivity contribution in [1.82, 2.24) is 15.3 Å². The minimum absolute atomic E-state index is 0.429. The molecule has 0 spiro atoms. The summed E-state index contributed by atoms with van der Waals surface area (Å²) in [5.41, 5.74) is 0.988. The van der Waals surface area contributed by atoms with E-state index < -0.39 is 0 Å². The van der Waals surface area contributed by atoms with E-state index >= 15 is 0 Å². The molecule has 2 aromatic carbocycles. The van der Waals surface area contributed by atoms with Crippen molar-refractivity contribution in [1.29, 1.82) is 0 Å². The molecule has 160 valence electrons. The second kappa shape index (κ2) is 8.81. The van der Waals surface area contributed by atoms with E-state index in [-0.39, 0.29) is 0 Å². The van der Waals surface area contributed by atoms with Crippen LogP contribution in [0.1, 0.15) is 30.6 Å². The van der Waals surface area contributed by atoms with Crippen LogP contribution >= 0.6 is 11.3 Å². The van der Waals surface area contributed by atoms with Crippen molar-refractivity contribution in [2.24, 2.45) is 0 Å². The molecular weight excluding hydrogens is 402 g/mol. The number of thiophene rings is 1. The van der Waals surface area contributed by atoms with Crippen LogP contribution in [0.3, 0.4) is 0 Å². The predicted molar refractivity (Wildman–Crippen MR) is 132 cm³/mol. The van der Waals surface area contributed by atoms with Gasteiger partial charge in [0.2, 0.25) is 5.95 Å². The van der Waals surface area contributed by atoms with Crippen LogP contribution in [0, 0.1) is 0 Å². The molecule has 5 rings (SSSR count). The molecule has 0 radical (unpaired) electrons. The molecule has 0 aliphatic heterocycles. The van der Waals surface area contributed by atoms with Crippen molar-refractivity contribution in [3.05, 3.63) is 59.5 Å². The monoisotopic (exact) mass is 431 g/mol. The van der Waals surface area contributed by atoms with Gasteiger partial charge < -0.3 is 15.5 Å². The van der Waals surface area contributed by atoms with Crippen LogP contribution in [0.4, 0.5) is 11.8 Å². The third-order valence-electron chi connectivity index (χ3n) is 6.11. The fourth-order valence-electron chi connectivity index (χ4n) is 4.46. The Morgan fingerprint density at radius 1 is 0.935 bits per heavy atom. The smallest absolute Gasteiger partial charge is 0.225 e. The Balaban J connectivity index is 1.18. The van der Waals surface area contributed by atoms with Crippen molar-refractivity contribution >= 4 is 44.1 Å². The number of rotatable bonds is 6. The maximum atomic E-state index is 4.80. The first-order chi connectivity index (χ1) is 15.2. The number of para-hydroxylation sites is 1. The third kappa shape index (κ3) is 4.50. The van der Waals surface area contributed by atoms with E-state index in [4.69, 9.17) is 9.97 Å². The number of nitrogens with zero attached hydrogens (tertiary/aromatic N) is 3. The van der Waals surface area contributed by atoms with Crippen molar-refractivity contribution in [3.63, 3.8) is 0 Å². The van der Waals surface area contributed by atoms with Gasteiger partial charge in [-0.15, -0.1) is 11.3 Å². The Hall–Kier alpha value is -2.70. The highest BCUT2D eigenvalue weighted by atomic mass is 32.1. The number of benzene rings is 2. The number of hydrogen-bond donors (Lipinski definition) is 2. The summed E-state index contributed by atoms with van der Waals surface area (Å²) < 4.78 is 1.37. The average Bonchev–Trinajstić information content (AvgIpc) is 3.21. The molecule has 4 aromatic rings. The summed E-state index contributed by atoms with van der Waals surface area (Å²) in [5.74, 6) is 1.70. The van der Waals surface area contributed by atoms with Crippen molar-refractivity contribution in [3.8, 4) is 0 Å². The van der Waals surface area contributed by atoms with E-state index in [1.807, 2.05) is 37.6 Å². The Bertz CT molecular complexity index is 1140. The molecule has 0 atom stereocenters. The van der Waals surface area contributed by atoms with Gasteiger partial charge >= 0.3 is 0 Å². The van der Waals surface area contributed by atoms with Gasteiger partial charge in [0, 0.05) is 47.7 Å². The topological polar surface area (TPSA) is 53.1 Å². The van der Waals surface area contributed by atoms with E-state index in [0.717, 1.165) is 42.1 Å². The second-order valence-corrected chi connectivity index (χ2v) is 9.78. The number of anilines is 2. The summed E-state index contributed by atoms with van der Waals surface area (Å²) in [6.07, 6.45) is 4.63. The van der Waals surface area contributed by atoms with E-state index in [1.165, 1.54) is 27.8 Å². The number of fused-ring (bicyclic) bond motifs is 2. The predicted octanol–water partition coefficient (Wildman–Crippen LogP) is 5.42. The van der Waals surface area contributed by atoms with Gasteiger partial charge in [-0.25, -0.2) is 4.98 Å². The minimum Gasteiger partial charge on any atom is -0.362 e. The molecule has 2 aromatic heterocycles. The maximum Gasteiger partial charge on any atom is 0.225 e. The Morgan fingerprint density at radius 3 is 2.48 bits per heavy atom. The zero-order valence-corrected chi connectivity index (χ0v) is 19.0. The van der Waals surface area contributed by atoms with Gasteiger partial charge in [0.05, 0.1) is 5.52 Å². The Labute approximate surface area is 187 Å². The van der Waals surface area contributed by atoms with Crippen molar-refractivity contribution in [2.75, 3.05) is 24.3 Å². The van der Waals surface area contributed by atoms with Crippen molar-refractivity contribution < 1.29 is 0 Å². The zero-order chi connectivity index (χ0) is 21.2. The first kappa shape index (κ1) is 20.2. The normalized spacial score (nSPS) is 19.0. The molecule has 0 unspecified atom stereocenters. The fraction of sp³-hybridized carbons (Fsp3) is 0.360. The molecule has 0 saturated heterocycles. The molecule has 0 amide bonds. The lowest BCUT2D eigenvalue weighted by Gasteiger charge is -2.30. The van der Waals surface area contributed by atoms with Gasteiger partial charge in [0.15, 0.2) is 0 Å². The molecule has 1 aliphatic rings. The van der Waals surface area contributed by atoms with Crippen LogP contribution in [-0.4, -0.2) is 36.1 Å². The van der Waals surface area contributed by atoms with Gasteiger partial charge in [-0.2, -0.15) is 4.98 Å². The molecular formula is C25H29N5S. The van der Waals surface area contributed by atoms with Gasteiger partial charge in [-0.05, 0) is 55.3 Å². The molecule has 5 nitrogen and oxygen atoms in total. The average molecular weight is 432 g/mol. The first-order valence-electron chi connectivity index (χ1n) is 11.1. The van der Waals surface area contributed by atoms with E-state index in [0.29, 0.717) is 12.1 Å². The Morgan fingerprint density at radius 2 is 1.68 bits per heavy atom. The van der Waals surface area contributed by atoms with Gasteiger partial charge in [-0.3, -0.25) is 0 Å². The summed E-state index contributed by atoms with van der Waals surface area (Å²) in [6.45, 7) is 0.960. The molecule has 1 fully saturated rings. The van der Waals surface area contributed by atoms with E-state index in [9.17, 15) is 0 Å². The zero-order valence-electron chi connectivity index (χ0n) is 18.1. The molecule has 31 heavy (non-hydrogen) atoms. The third-order valence-corrected chi connectivity index (χ3v) is 7.22. The van der Waals surface area contributed by atoms with Gasteiger partial charge in [0.1, 0.15) is 5.82 Å². The lowest BCUT2D eigenvalue weighted by molar-refractivity contribution is 0.353. The summed E-state index contributed by atoms with van der Waals surface area (Å²) in [5, 5.41) is 9.82. The Kier molecular flexibility index (Phi) is 5.74. The first-order valence-corrected chi connectivity index (χ1v) is 11.9. The van der Waals surface area contributed by atoms with Crippen LogP contribution in [0.15, 0.2) is 54.6 Å². The lowest BCUT2D eigenvalue weighted by atomic mass is 9.91. The molecule has 6 heteroatoms. The van der Waals surface area contributed by atoms with Crippen LogP contribution in [0.2, 0.25) is 0 Å². The van der Waals surface area contributed by atoms with Crippen LogP contribution in [0.25, 0.3) is 21.0 Å². The highest BCUT2D eigenvalue weighted by Crippen LogP contribution is 2.28. The minimum atomic E-state index is 0.429. The summed E-state index contributed by atoms with van der Waals surface area (Å²) in [6, 6.07) is 20.2. The molecule has 0 bridgehead atoms. The largest absolute Gasteiger partial charge is 0.362 e. The second-order valence-electron chi connectivity index (χ2n) is 8.61. The standard InChI is InChI=1S/C25H29N5S/c1-30(2)24-21-8-4-5-9-22(21)28-25(29-24)27-19-13-11-18(12-14-19)26-16-20-15-17-7-3-6-10-23(17)31-20/h3-10,15,18-19,26H,11-14,16H2,1-2H3,(H,27,28,29). The summed E-state index contributed by atoms with van der Waals surface area (Å²) in [4.78, 5) is 13.0. The molecule has 2 N–H and O–H groups in total. The quantitative estimate of drug-likeness (QED) is 0.427. The van der Waals surface area contributed by atoms with Crippen LogP contribution < -0.4 is 15.5 Å². The highest BCUT2D eigenvalue weighted by molar-refractivity contribution is 7.19. The van der Waals surface area contributed by atoms with Gasteiger partial charge in [0.25, 0.3) is 0 Å². The van der Waals surface area contributed by atoms with Gasteiger partial charge in [-0.1, -0.05) is 30.3 Å². The number of aromatic nitrogens is 2. The van der Waals surface area contributed by atoms with E-state index in [2.05, 4.69) is 58.0 Å². The van der Waals surface area contributed by atoms with E-state index in [1.54, 1.807) is 0 Å². The SMILES string of the molecule is CN(C)c1nc(NC2CCC(NCc3cc4ccccc4s3)CC2)nc2ccccc12. The van der Waals surface area contributed by atoms with Crippen LogP contribution in [0.5, 0.6) is 0 Å².